The second kappa shape index (κ2) is 9.06. The van der Waals surface area contributed by atoms with Crippen molar-refractivity contribution in [2.24, 2.45) is 4.99 Å². The normalized spacial score (nSPS) is 11.4. The highest BCUT2D eigenvalue weighted by atomic mass is 15.2. The summed E-state index contributed by atoms with van der Waals surface area (Å²) < 4.78 is 0. The van der Waals surface area contributed by atoms with Crippen molar-refractivity contribution >= 4 is 5.96 Å². The van der Waals surface area contributed by atoms with E-state index in [-0.39, 0.29) is 0 Å². The summed E-state index contributed by atoms with van der Waals surface area (Å²) >= 11 is 0. The molecule has 0 saturated carbocycles. The zero-order valence-electron chi connectivity index (χ0n) is 15.2. The van der Waals surface area contributed by atoms with Crippen molar-refractivity contribution in [2.75, 3.05) is 13.1 Å². The minimum Gasteiger partial charge on any atom is -0.357 e. The van der Waals surface area contributed by atoms with Gasteiger partial charge in [-0.3, -0.25) is 4.98 Å². The fraction of sp³-hybridized carbons (Fsp3) is 0.400. The maximum Gasteiger partial charge on any atom is 0.191 e. The van der Waals surface area contributed by atoms with Crippen LogP contribution in [0.15, 0.2) is 41.5 Å². The van der Waals surface area contributed by atoms with E-state index >= 15 is 0 Å². The molecule has 0 atom stereocenters. The van der Waals surface area contributed by atoms with Crippen LogP contribution in [0.1, 0.15) is 34.9 Å². The van der Waals surface area contributed by atoms with Crippen LogP contribution in [0, 0.1) is 20.8 Å². The molecule has 0 bridgehead atoms. The van der Waals surface area contributed by atoms with Gasteiger partial charge in [-0.05, 0) is 51.3 Å². The Morgan fingerprint density at radius 3 is 2.50 bits per heavy atom. The van der Waals surface area contributed by atoms with Gasteiger partial charge in [0.05, 0.1) is 12.2 Å². The summed E-state index contributed by atoms with van der Waals surface area (Å²) in [5.41, 5.74) is 6.18. The third kappa shape index (κ3) is 5.69. The van der Waals surface area contributed by atoms with Crippen LogP contribution in [-0.4, -0.2) is 24.0 Å². The standard InChI is InChI=1S/C20H28N4/c1-5-21-20(24-14-19-17(4)7-6-9-22-19)23-10-8-18-12-15(2)11-16(3)13-18/h6-7,9,11-13H,5,8,10,14H2,1-4H3,(H2,21,23,24). The molecule has 0 aliphatic heterocycles. The molecule has 0 aliphatic carbocycles. The largest absolute Gasteiger partial charge is 0.357 e. The Kier molecular flexibility index (Phi) is 6.79. The Morgan fingerprint density at radius 2 is 1.83 bits per heavy atom. The monoisotopic (exact) mass is 324 g/mol. The molecular weight excluding hydrogens is 296 g/mol. The number of nitrogens with one attached hydrogen (secondary N) is 2. The number of aryl methyl sites for hydroxylation is 3. The molecule has 0 radical (unpaired) electrons. The SMILES string of the molecule is CCNC(=NCc1ncccc1C)NCCc1cc(C)cc(C)c1. The summed E-state index contributed by atoms with van der Waals surface area (Å²) in [6.45, 7) is 10.7. The predicted octanol–water partition coefficient (Wildman–Crippen LogP) is 3.30. The first-order chi connectivity index (χ1) is 11.6. The van der Waals surface area contributed by atoms with E-state index in [1.165, 1.54) is 22.3 Å². The molecule has 1 aromatic carbocycles. The first-order valence-corrected chi connectivity index (χ1v) is 8.58. The van der Waals surface area contributed by atoms with Gasteiger partial charge in [0, 0.05) is 19.3 Å². The summed E-state index contributed by atoms with van der Waals surface area (Å²) in [4.78, 5) is 9.04. The number of hydrogen-bond acceptors (Lipinski definition) is 2. The second-order valence-electron chi connectivity index (χ2n) is 6.13. The topological polar surface area (TPSA) is 49.3 Å². The van der Waals surface area contributed by atoms with Gasteiger partial charge in [-0.1, -0.05) is 35.4 Å². The summed E-state index contributed by atoms with van der Waals surface area (Å²) in [7, 11) is 0. The number of aliphatic imine (C=N–C) groups is 1. The summed E-state index contributed by atoms with van der Waals surface area (Å²) in [6.07, 6.45) is 2.80. The van der Waals surface area contributed by atoms with E-state index in [0.717, 1.165) is 31.2 Å². The maximum absolute atomic E-state index is 4.64. The van der Waals surface area contributed by atoms with E-state index in [9.17, 15) is 0 Å². The van der Waals surface area contributed by atoms with E-state index in [0.29, 0.717) is 6.54 Å². The molecule has 4 heteroatoms. The Bertz CT molecular complexity index is 672. The molecule has 0 fully saturated rings. The van der Waals surface area contributed by atoms with Gasteiger partial charge in [-0.2, -0.15) is 0 Å². The molecule has 1 aromatic heterocycles. The number of guanidine groups is 1. The molecule has 0 amide bonds. The fourth-order valence-corrected chi connectivity index (χ4v) is 2.72. The van der Waals surface area contributed by atoms with E-state index in [4.69, 9.17) is 0 Å². The molecule has 4 nitrogen and oxygen atoms in total. The quantitative estimate of drug-likeness (QED) is 0.633. The molecule has 2 N–H and O–H groups in total. The Labute approximate surface area is 145 Å². The van der Waals surface area contributed by atoms with Crippen molar-refractivity contribution in [3.63, 3.8) is 0 Å². The first-order valence-electron chi connectivity index (χ1n) is 8.58. The minimum atomic E-state index is 0.589. The molecule has 128 valence electrons. The second-order valence-corrected chi connectivity index (χ2v) is 6.13. The van der Waals surface area contributed by atoms with Crippen LogP contribution in [0.25, 0.3) is 0 Å². The van der Waals surface area contributed by atoms with Crippen LogP contribution >= 0.6 is 0 Å². The lowest BCUT2D eigenvalue weighted by Crippen LogP contribution is -2.38. The first kappa shape index (κ1) is 18.0. The van der Waals surface area contributed by atoms with Crippen LogP contribution in [0.3, 0.4) is 0 Å². The average Bonchev–Trinajstić information content (AvgIpc) is 2.53. The van der Waals surface area contributed by atoms with Gasteiger partial charge in [0.1, 0.15) is 0 Å². The number of nitrogens with zero attached hydrogens (tertiary/aromatic N) is 2. The van der Waals surface area contributed by atoms with Gasteiger partial charge in [0.15, 0.2) is 5.96 Å². The molecule has 0 saturated heterocycles. The minimum absolute atomic E-state index is 0.589. The summed E-state index contributed by atoms with van der Waals surface area (Å²) in [6, 6.07) is 10.7. The third-order valence-corrected chi connectivity index (χ3v) is 3.84. The maximum atomic E-state index is 4.64. The molecule has 24 heavy (non-hydrogen) atoms. The highest BCUT2D eigenvalue weighted by molar-refractivity contribution is 5.79. The van der Waals surface area contributed by atoms with Gasteiger partial charge >= 0.3 is 0 Å². The van der Waals surface area contributed by atoms with Crippen LogP contribution in [0.5, 0.6) is 0 Å². The van der Waals surface area contributed by atoms with Gasteiger partial charge < -0.3 is 10.6 Å². The smallest absolute Gasteiger partial charge is 0.191 e. The number of benzene rings is 1. The highest BCUT2D eigenvalue weighted by Crippen LogP contribution is 2.09. The van der Waals surface area contributed by atoms with Crippen molar-refractivity contribution in [1.29, 1.82) is 0 Å². The number of pyridine rings is 1. The van der Waals surface area contributed by atoms with Crippen molar-refractivity contribution in [3.8, 4) is 0 Å². The van der Waals surface area contributed by atoms with E-state index in [2.05, 4.69) is 72.6 Å². The number of rotatable bonds is 6. The van der Waals surface area contributed by atoms with Gasteiger partial charge in [0.25, 0.3) is 0 Å². The molecule has 2 rings (SSSR count). The molecule has 0 unspecified atom stereocenters. The Balaban J connectivity index is 1.93. The van der Waals surface area contributed by atoms with E-state index in [1.807, 2.05) is 12.3 Å². The molecule has 1 heterocycles. The van der Waals surface area contributed by atoms with Crippen molar-refractivity contribution in [3.05, 3.63) is 64.5 Å². The van der Waals surface area contributed by atoms with Crippen LogP contribution < -0.4 is 10.6 Å². The number of hydrogen-bond donors (Lipinski definition) is 2. The molecule has 0 aliphatic rings. The Hall–Kier alpha value is -2.36. The predicted molar refractivity (Wildman–Crippen MR) is 101 cm³/mol. The van der Waals surface area contributed by atoms with Gasteiger partial charge in [-0.15, -0.1) is 0 Å². The highest BCUT2D eigenvalue weighted by Gasteiger charge is 2.01. The Morgan fingerprint density at radius 1 is 1.08 bits per heavy atom. The molecule has 2 aromatic rings. The van der Waals surface area contributed by atoms with Gasteiger partial charge in [0.2, 0.25) is 0 Å². The zero-order valence-corrected chi connectivity index (χ0v) is 15.2. The summed E-state index contributed by atoms with van der Waals surface area (Å²) in [5.74, 6) is 0.840. The lowest BCUT2D eigenvalue weighted by atomic mass is 10.1. The van der Waals surface area contributed by atoms with E-state index in [1.54, 1.807) is 0 Å². The average molecular weight is 324 g/mol. The zero-order chi connectivity index (χ0) is 17.4. The fourth-order valence-electron chi connectivity index (χ4n) is 2.72. The molecule has 0 spiro atoms. The van der Waals surface area contributed by atoms with Gasteiger partial charge in [-0.25, -0.2) is 4.99 Å². The third-order valence-electron chi connectivity index (χ3n) is 3.84. The lowest BCUT2D eigenvalue weighted by Gasteiger charge is -2.12. The molecular formula is C20H28N4. The van der Waals surface area contributed by atoms with Crippen LogP contribution in [0.4, 0.5) is 0 Å². The van der Waals surface area contributed by atoms with Crippen molar-refractivity contribution < 1.29 is 0 Å². The van der Waals surface area contributed by atoms with E-state index < -0.39 is 0 Å². The lowest BCUT2D eigenvalue weighted by molar-refractivity contribution is 0.795. The number of aromatic nitrogens is 1. The van der Waals surface area contributed by atoms with Crippen molar-refractivity contribution in [2.45, 2.75) is 40.7 Å². The van der Waals surface area contributed by atoms with Crippen LogP contribution in [-0.2, 0) is 13.0 Å². The summed E-state index contributed by atoms with van der Waals surface area (Å²) in [5, 5.41) is 6.70. The van der Waals surface area contributed by atoms with Crippen molar-refractivity contribution in [1.82, 2.24) is 15.6 Å². The van der Waals surface area contributed by atoms with Crippen LogP contribution in [0.2, 0.25) is 0 Å².